The molecule has 18 heavy (non-hydrogen) atoms. The quantitative estimate of drug-likeness (QED) is 0.744. The van der Waals surface area contributed by atoms with Gasteiger partial charge in [-0.15, -0.1) is 0 Å². The molecule has 0 aromatic heterocycles. The highest BCUT2D eigenvalue weighted by molar-refractivity contribution is 5.38. The second kappa shape index (κ2) is 7.07. The van der Waals surface area contributed by atoms with E-state index < -0.39 is 0 Å². The average Bonchev–Trinajstić information content (AvgIpc) is 2.36. The minimum absolute atomic E-state index is 0.843. The predicted octanol–water partition coefficient (Wildman–Crippen LogP) is 1.68. The van der Waals surface area contributed by atoms with Crippen LogP contribution in [0.1, 0.15) is 19.4 Å². The van der Waals surface area contributed by atoms with E-state index in [9.17, 15) is 0 Å². The number of ether oxygens (including phenoxy) is 2. The molecule has 100 valence electrons. The van der Waals surface area contributed by atoms with Crippen LogP contribution in [0, 0.1) is 0 Å². The smallest absolute Gasteiger partial charge is 0.123 e. The van der Waals surface area contributed by atoms with Crippen molar-refractivity contribution in [2.75, 3.05) is 27.3 Å². The zero-order chi connectivity index (χ0) is 13.5. The van der Waals surface area contributed by atoms with Gasteiger partial charge in [-0.3, -0.25) is 0 Å². The molecule has 3 heteroatoms. The third-order valence-corrected chi connectivity index (χ3v) is 2.92. The number of hydrogen-bond donors (Lipinski definition) is 1. The van der Waals surface area contributed by atoms with Crippen LogP contribution in [0.4, 0.5) is 0 Å². The van der Waals surface area contributed by atoms with E-state index in [2.05, 4.69) is 32.6 Å². The van der Waals surface area contributed by atoms with E-state index in [0.717, 1.165) is 31.1 Å². The number of benzene rings is 1. The van der Waals surface area contributed by atoms with Crippen LogP contribution in [-0.2, 0) is 6.54 Å². The molecule has 0 radical (unpaired) electrons. The fraction of sp³-hybridized carbons (Fsp3) is 0.467. The first kappa shape index (κ1) is 14.6. The van der Waals surface area contributed by atoms with Gasteiger partial charge in [0.2, 0.25) is 0 Å². The molecule has 1 rings (SSSR count). The number of quaternary nitrogens is 1. The van der Waals surface area contributed by atoms with E-state index in [1.807, 2.05) is 6.07 Å². The van der Waals surface area contributed by atoms with Crippen molar-refractivity contribution in [1.29, 1.82) is 0 Å². The summed E-state index contributed by atoms with van der Waals surface area (Å²) >= 11 is 0. The predicted molar refractivity (Wildman–Crippen MR) is 74.4 cm³/mol. The van der Waals surface area contributed by atoms with Crippen molar-refractivity contribution in [3.05, 3.63) is 35.9 Å². The number of methoxy groups -OCH3 is 2. The third kappa shape index (κ3) is 4.41. The van der Waals surface area contributed by atoms with Gasteiger partial charge >= 0.3 is 0 Å². The molecule has 0 saturated heterocycles. The summed E-state index contributed by atoms with van der Waals surface area (Å²) in [5.74, 6) is 1.69. The molecule has 0 spiro atoms. The molecule has 1 atom stereocenters. The van der Waals surface area contributed by atoms with Crippen molar-refractivity contribution in [2.24, 2.45) is 0 Å². The lowest BCUT2D eigenvalue weighted by Crippen LogP contribution is -3.10. The van der Waals surface area contributed by atoms with Crippen molar-refractivity contribution in [3.63, 3.8) is 0 Å². The van der Waals surface area contributed by atoms with Gasteiger partial charge in [-0.2, -0.15) is 0 Å². The summed E-state index contributed by atoms with van der Waals surface area (Å²) in [6.07, 6.45) is 0. The highest BCUT2D eigenvalue weighted by atomic mass is 16.5. The van der Waals surface area contributed by atoms with Gasteiger partial charge in [-0.05, 0) is 31.6 Å². The monoisotopic (exact) mass is 250 g/mol. The number of hydrogen-bond acceptors (Lipinski definition) is 2. The fourth-order valence-electron chi connectivity index (χ4n) is 2.00. The Kier molecular flexibility index (Phi) is 5.72. The first-order valence-corrected chi connectivity index (χ1v) is 6.29. The molecule has 0 saturated carbocycles. The van der Waals surface area contributed by atoms with E-state index in [0.29, 0.717) is 0 Å². The lowest BCUT2D eigenvalue weighted by atomic mass is 10.1. The van der Waals surface area contributed by atoms with Crippen LogP contribution in [0.5, 0.6) is 11.5 Å². The van der Waals surface area contributed by atoms with Crippen LogP contribution in [-0.4, -0.2) is 27.3 Å². The highest BCUT2D eigenvalue weighted by Crippen LogP contribution is 2.21. The van der Waals surface area contributed by atoms with E-state index in [1.165, 1.54) is 16.0 Å². The Labute approximate surface area is 110 Å². The van der Waals surface area contributed by atoms with Gasteiger partial charge < -0.3 is 14.4 Å². The van der Waals surface area contributed by atoms with Crippen LogP contribution in [0.3, 0.4) is 0 Å². The summed E-state index contributed by atoms with van der Waals surface area (Å²) in [7, 11) is 3.35. The molecule has 0 bridgehead atoms. The molecular weight excluding hydrogens is 226 g/mol. The zero-order valence-electron chi connectivity index (χ0n) is 11.9. The number of rotatable bonds is 7. The van der Waals surface area contributed by atoms with Gasteiger partial charge in [0.05, 0.1) is 27.3 Å². The molecule has 3 nitrogen and oxygen atoms in total. The highest BCUT2D eigenvalue weighted by Gasteiger charge is 2.10. The normalized spacial score (nSPS) is 12.0. The Bertz CT molecular complexity index is 379. The Hall–Kier alpha value is -1.48. The standard InChI is InChI=1S/C15H23NO2/c1-6-16(10-12(2)3)11-13-7-14(17-4)9-15(8-13)18-5/h7-9H,2,6,10-11H2,1,3-5H3/p+1. The van der Waals surface area contributed by atoms with Gasteiger partial charge in [0.15, 0.2) is 0 Å². The zero-order valence-corrected chi connectivity index (χ0v) is 11.9. The molecule has 0 aliphatic rings. The van der Waals surface area contributed by atoms with Gasteiger partial charge in [0.1, 0.15) is 18.0 Å². The van der Waals surface area contributed by atoms with Crippen molar-refractivity contribution >= 4 is 0 Å². The fourth-order valence-corrected chi connectivity index (χ4v) is 2.00. The van der Waals surface area contributed by atoms with Gasteiger partial charge in [0, 0.05) is 11.6 Å². The second-order valence-corrected chi connectivity index (χ2v) is 4.64. The van der Waals surface area contributed by atoms with Crippen LogP contribution >= 0.6 is 0 Å². The molecule has 1 unspecified atom stereocenters. The first-order valence-electron chi connectivity index (χ1n) is 6.29. The van der Waals surface area contributed by atoms with Crippen LogP contribution < -0.4 is 14.4 Å². The minimum Gasteiger partial charge on any atom is -0.497 e. The molecule has 0 aliphatic carbocycles. The number of likely N-dealkylation sites (N-methyl/N-ethyl adjacent to an activating group) is 1. The van der Waals surface area contributed by atoms with Crippen molar-refractivity contribution in [3.8, 4) is 11.5 Å². The van der Waals surface area contributed by atoms with E-state index in [4.69, 9.17) is 9.47 Å². The summed E-state index contributed by atoms with van der Waals surface area (Å²) in [5, 5.41) is 0. The summed E-state index contributed by atoms with van der Waals surface area (Å²) in [4.78, 5) is 1.48. The topological polar surface area (TPSA) is 22.9 Å². The van der Waals surface area contributed by atoms with Crippen LogP contribution in [0.2, 0.25) is 0 Å². The summed E-state index contributed by atoms with van der Waals surface area (Å²) in [5.41, 5.74) is 2.44. The Morgan fingerprint density at radius 2 is 1.72 bits per heavy atom. The Morgan fingerprint density at radius 3 is 2.11 bits per heavy atom. The van der Waals surface area contributed by atoms with Crippen molar-refractivity contribution in [2.45, 2.75) is 20.4 Å². The average molecular weight is 250 g/mol. The second-order valence-electron chi connectivity index (χ2n) is 4.64. The molecular formula is C15H24NO2+. The SMILES string of the molecule is C=C(C)C[NH+](CC)Cc1cc(OC)cc(OC)c1. The maximum absolute atomic E-state index is 5.29. The maximum Gasteiger partial charge on any atom is 0.123 e. The molecule has 1 aromatic carbocycles. The lowest BCUT2D eigenvalue weighted by Gasteiger charge is -2.18. The third-order valence-electron chi connectivity index (χ3n) is 2.92. The molecule has 0 aliphatic heterocycles. The summed E-state index contributed by atoms with van der Waals surface area (Å²) in [6, 6.07) is 6.03. The van der Waals surface area contributed by atoms with Crippen LogP contribution in [0.15, 0.2) is 30.4 Å². The number of nitrogens with one attached hydrogen (secondary N) is 1. The molecule has 1 aromatic rings. The molecule has 0 heterocycles. The largest absolute Gasteiger partial charge is 0.497 e. The van der Waals surface area contributed by atoms with E-state index in [1.54, 1.807) is 14.2 Å². The van der Waals surface area contributed by atoms with E-state index in [-0.39, 0.29) is 0 Å². The first-order chi connectivity index (χ1) is 8.58. The Morgan fingerprint density at radius 1 is 1.17 bits per heavy atom. The van der Waals surface area contributed by atoms with E-state index >= 15 is 0 Å². The van der Waals surface area contributed by atoms with Gasteiger partial charge in [-0.1, -0.05) is 6.58 Å². The molecule has 0 amide bonds. The van der Waals surface area contributed by atoms with Crippen molar-refractivity contribution in [1.82, 2.24) is 0 Å². The lowest BCUT2D eigenvalue weighted by molar-refractivity contribution is -0.907. The molecule has 1 N–H and O–H groups in total. The van der Waals surface area contributed by atoms with Crippen molar-refractivity contribution < 1.29 is 14.4 Å². The molecule has 0 fully saturated rings. The van der Waals surface area contributed by atoms with Gasteiger partial charge in [-0.25, -0.2) is 0 Å². The Balaban J connectivity index is 2.84. The summed E-state index contributed by atoms with van der Waals surface area (Å²) < 4.78 is 10.6. The van der Waals surface area contributed by atoms with Crippen LogP contribution in [0.25, 0.3) is 0 Å². The maximum atomic E-state index is 5.29. The summed E-state index contributed by atoms with van der Waals surface area (Å²) in [6.45, 7) is 11.3. The minimum atomic E-state index is 0.843. The van der Waals surface area contributed by atoms with Gasteiger partial charge in [0.25, 0.3) is 0 Å².